The van der Waals surface area contributed by atoms with Gasteiger partial charge in [0.25, 0.3) is 0 Å². The van der Waals surface area contributed by atoms with E-state index in [-0.39, 0.29) is 6.29 Å². The van der Waals surface area contributed by atoms with Gasteiger partial charge in [-0.25, -0.2) is 0 Å². The quantitative estimate of drug-likeness (QED) is 0.602. The van der Waals surface area contributed by atoms with Gasteiger partial charge in [0.05, 0.1) is 0 Å². The molecule has 52 valence electrons. The maximum Gasteiger partial charge on any atom is 0.240 e. The molecule has 0 amide bonds. The van der Waals surface area contributed by atoms with Gasteiger partial charge in [0.15, 0.2) is 0 Å². The van der Waals surface area contributed by atoms with Crippen molar-refractivity contribution >= 4 is 11.8 Å². The first-order chi connectivity index (χ1) is 4.43. The molecular weight excluding hydrogens is 136 g/mol. The van der Waals surface area contributed by atoms with Gasteiger partial charge in [0, 0.05) is 12.2 Å². The molecule has 9 heavy (non-hydrogen) atoms. The van der Waals surface area contributed by atoms with E-state index >= 15 is 0 Å². The topological polar surface area (TPSA) is 18.5 Å². The Morgan fingerprint density at radius 2 is 2.11 bits per heavy atom. The molecule has 0 unspecified atom stereocenters. The number of rotatable bonds is 3. The Morgan fingerprint density at radius 3 is 2.67 bits per heavy atom. The van der Waals surface area contributed by atoms with Crippen molar-refractivity contribution in [1.29, 1.82) is 0 Å². The number of ether oxygens (including phenoxy) is 2. The lowest BCUT2D eigenvalue weighted by atomic mass is 10.5. The van der Waals surface area contributed by atoms with Gasteiger partial charge in [-0.05, 0) is 6.26 Å². The lowest BCUT2D eigenvalue weighted by Gasteiger charge is -2.07. The van der Waals surface area contributed by atoms with Crippen molar-refractivity contribution in [2.45, 2.75) is 12.7 Å². The van der Waals surface area contributed by atoms with Crippen LogP contribution in [-0.2, 0) is 9.47 Å². The molecule has 0 radical (unpaired) electrons. The van der Waals surface area contributed by atoms with E-state index in [9.17, 15) is 0 Å². The first kappa shape index (κ1) is 6.81. The van der Waals surface area contributed by atoms with Gasteiger partial charge in [-0.3, -0.25) is 0 Å². The molecule has 1 heterocycles. The smallest absolute Gasteiger partial charge is 0.240 e. The highest BCUT2D eigenvalue weighted by Gasteiger charge is 2.09. The van der Waals surface area contributed by atoms with Crippen molar-refractivity contribution in [1.82, 2.24) is 0 Å². The fourth-order valence-corrected chi connectivity index (χ4v) is 1.05. The fraction of sp³-hybridized carbons (Fsp3) is 0.667. The zero-order valence-corrected chi connectivity index (χ0v) is 6.19. The SMILES string of the molecule is CSCCC1OC=CO1. The molecular formula is C6H10O2S. The summed E-state index contributed by atoms with van der Waals surface area (Å²) in [5.74, 6) is 1.09. The summed E-state index contributed by atoms with van der Waals surface area (Å²) in [4.78, 5) is 0. The van der Waals surface area contributed by atoms with Crippen LogP contribution in [0.3, 0.4) is 0 Å². The van der Waals surface area contributed by atoms with E-state index in [1.165, 1.54) is 0 Å². The Balaban J connectivity index is 2.01. The molecule has 3 heteroatoms. The molecule has 1 aliphatic heterocycles. The van der Waals surface area contributed by atoms with E-state index < -0.39 is 0 Å². The molecule has 0 bridgehead atoms. The second-order valence-corrected chi connectivity index (χ2v) is 2.74. The molecule has 0 spiro atoms. The molecule has 0 aliphatic carbocycles. The van der Waals surface area contributed by atoms with Crippen molar-refractivity contribution in [3.63, 3.8) is 0 Å². The van der Waals surface area contributed by atoms with E-state index in [2.05, 4.69) is 6.26 Å². The summed E-state index contributed by atoms with van der Waals surface area (Å²) in [5.41, 5.74) is 0. The first-order valence-corrected chi connectivity index (χ1v) is 4.28. The Labute approximate surface area is 59.2 Å². The maximum atomic E-state index is 5.04. The second kappa shape index (κ2) is 3.67. The normalized spacial score (nSPS) is 17.4. The fourth-order valence-electron chi connectivity index (χ4n) is 0.622. The summed E-state index contributed by atoms with van der Waals surface area (Å²) in [6.45, 7) is 0. The molecule has 1 rings (SSSR count). The molecule has 0 saturated heterocycles. The predicted molar refractivity (Wildman–Crippen MR) is 38.1 cm³/mol. The van der Waals surface area contributed by atoms with Crippen LogP contribution in [0.1, 0.15) is 6.42 Å². The van der Waals surface area contributed by atoms with E-state index in [1.54, 1.807) is 24.3 Å². The summed E-state index contributed by atoms with van der Waals surface area (Å²) in [6.07, 6.45) is 6.20. The maximum absolute atomic E-state index is 5.04. The minimum Gasteiger partial charge on any atom is -0.459 e. The predicted octanol–water partition coefficient (Wildman–Crippen LogP) is 1.58. The zero-order valence-electron chi connectivity index (χ0n) is 5.37. The minimum absolute atomic E-state index is 0.0163. The van der Waals surface area contributed by atoms with E-state index in [0.29, 0.717) is 0 Å². The van der Waals surface area contributed by atoms with Crippen molar-refractivity contribution in [3.8, 4) is 0 Å². The number of hydrogen-bond donors (Lipinski definition) is 0. The lowest BCUT2D eigenvalue weighted by Crippen LogP contribution is -2.07. The molecule has 0 fully saturated rings. The monoisotopic (exact) mass is 146 g/mol. The largest absolute Gasteiger partial charge is 0.459 e. The third-order valence-corrected chi connectivity index (χ3v) is 1.72. The van der Waals surface area contributed by atoms with Gasteiger partial charge in [0.2, 0.25) is 6.29 Å². The standard InChI is InChI=1S/C6H10O2S/c1-9-5-2-6-7-3-4-8-6/h3-4,6H,2,5H2,1H3. The molecule has 0 N–H and O–H groups in total. The number of hydrogen-bond acceptors (Lipinski definition) is 3. The van der Waals surface area contributed by atoms with Crippen LogP contribution >= 0.6 is 11.8 Å². The third-order valence-electron chi connectivity index (χ3n) is 1.07. The van der Waals surface area contributed by atoms with Gasteiger partial charge in [-0.15, -0.1) is 0 Å². The van der Waals surface area contributed by atoms with Crippen molar-refractivity contribution in [2.75, 3.05) is 12.0 Å². The van der Waals surface area contributed by atoms with Crippen LogP contribution in [0, 0.1) is 0 Å². The molecule has 2 nitrogen and oxygen atoms in total. The average Bonchev–Trinajstić information content (AvgIpc) is 2.34. The Bertz CT molecular complexity index is 95.2. The van der Waals surface area contributed by atoms with Crippen molar-refractivity contribution in [2.24, 2.45) is 0 Å². The van der Waals surface area contributed by atoms with Crippen LogP contribution < -0.4 is 0 Å². The van der Waals surface area contributed by atoms with E-state index in [0.717, 1.165) is 12.2 Å². The summed E-state index contributed by atoms with van der Waals surface area (Å²) in [7, 11) is 0. The van der Waals surface area contributed by atoms with Gasteiger partial charge in [-0.2, -0.15) is 11.8 Å². The average molecular weight is 146 g/mol. The van der Waals surface area contributed by atoms with Crippen LogP contribution in [0.2, 0.25) is 0 Å². The van der Waals surface area contributed by atoms with Crippen LogP contribution in [0.25, 0.3) is 0 Å². The Morgan fingerprint density at radius 1 is 1.44 bits per heavy atom. The molecule has 0 aromatic rings. The molecule has 0 aromatic heterocycles. The summed E-state index contributed by atoms with van der Waals surface area (Å²) in [6, 6.07) is 0. The van der Waals surface area contributed by atoms with E-state index in [4.69, 9.17) is 9.47 Å². The highest BCUT2D eigenvalue weighted by Crippen LogP contribution is 2.11. The van der Waals surface area contributed by atoms with E-state index in [1.807, 2.05) is 0 Å². The third kappa shape index (κ3) is 2.18. The van der Waals surface area contributed by atoms with Gasteiger partial charge >= 0.3 is 0 Å². The van der Waals surface area contributed by atoms with Gasteiger partial charge < -0.3 is 9.47 Å². The summed E-state index contributed by atoms with van der Waals surface area (Å²) < 4.78 is 10.1. The molecule has 1 aliphatic rings. The second-order valence-electron chi connectivity index (χ2n) is 1.76. The molecule has 0 aromatic carbocycles. The van der Waals surface area contributed by atoms with Crippen LogP contribution in [0.5, 0.6) is 0 Å². The lowest BCUT2D eigenvalue weighted by molar-refractivity contribution is -0.0232. The van der Waals surface area contributed by atoms with Gasteiger partial charge in [-0.1, -0.05) is 0 Å². The zero-order chi connectivity index (χ0) is 6.53. The van der Waals surface area contributed by atoms with Crippen molar-refractivity contribution in [3.05, 3.63) is 12.5 Å². The Hall–Kier alpha value is -0.310. The van der Waals surface area contributed by atoms with Crippen LogP contribution in [0.4, 0.5) is 0 Å². The van der Waals surface area contributed by atoms with Gasteiger partial charge in [0.1, 0.15) is 12.5 Å². The minimum atomic E-state index is -0.0163. The van der Waals surface area contributed by atoms with Crippen molar-refractivity contribution < 1.29 is 9.47 Å². The summed E-state index contributed by atoms with van der Waals surface area (Å²) in [5, 5.41) is 0. The molecule has 0 saturated carbocycles. The van der Waals surface area contributed by atoms with Crippen LogP contribution in [-0.4, -0.2) is 18.3 Å². The number of thioether (sulfide) groups is 1. The highest BCUT2D eigenvalue weighted by atomic mass is 32.2. The summed E-state index contributed by atoms with van der Waals surface area (Å²) >= 11 is 1.80. The highest BCUT2D eigenvalue weighted by molar-refractivity contribution is 7.98. The van der Waals surface area contributed by atoms with Crippen LogP contribution in [0.15, 0.2) is 12.5 Å². The first-order valence-electron chi connectivity index (χ1n) is 2.88. The Kier molecular flexibility index (Phi) is 2.77. The molecule has 0 atom stereocenters.